The van der Waals surface area contributed by atoms with Crippen LogP contribution in [0, 0.1) is 0 Å². The van der Waals surface area contributed by atoms with E-state index in [1.54, 1.807) is 6.07 Å². The Morgan fingerprint density at radius 2 is 2.18 bits per heavy atom. The number of hydrogen-bond acceptors (Lipinski definition) is 5. The monoisotopic (exact) mass is 234 g/mol. The second-order valence-corrected chi connectivity index (χ2v) is 3.27. The lowest BCUT2D eigenvalue weighted by atomic mass is 10.2. The van der Waals surface area contributed by atoms with E-state index in [0.717, 1.165) is 0 Å². The van der Waals surface area contributed by atoms with Gasteiger partial charge in [-0.25, -0.2) is 9.78 Å². The minimum Gasteiger partial charge on any atom is -0.494 e. The molecule has 6 nitrogen and oxygen atoms in total. The highest BCUT2D eigenvalue weighted by molar-refractivity contribution is 5.94. The normalized spacial score (nSPS) is 10.2. The highest BCUT2D eigenvalue weighted by Gasteiger charge is 2.16. The van der Waals surface area contributed by atoms with E-state index in [1.165, 1.54) is 26.5 Å². The molecule has 0 atom stereocenters. The topological polar surface area (TPSA) is 81.3 Å². The van der Waals surface area contributed by atoms with Crippen molar-refractivity contribution in [2.75, 3.05) is 14.2 Å². The van der Waals surface area contributed by atoms with Gasteiger partial charge in [-0.05, 0) is 12.1 Å². The van der Waals surface area contributed by atoms with Gasteiger partial charge in [-0.15, -0.1) is 0 Å². The van der Waals surface area contributed by atoms with Crippen LogP contribution in [0.5, 0.6) is 5.75 Å². The summed E-state index contributed by atoms with van der Waals surface area (Å²) in [6, 6.07) is 3.07. The van der Waals surface area contributed by atoms with Gasteiger partial charge in [-0.1, -0.05) is 0 Å². The molecule has 0 fully saturated rings. The second kappa shape index (κ2) is 4.25. The molecule has 0 bridgehead atoms. The van der Waals surface area contributed by atoms with E-state index in [2.05, 4.69) is 14.7 Å². The fourth-order valence-corrected chi connectivity index (χ4v) is 1.49. The molecule has 2 aromatic rings. The summed E-state index contributed by atoms with van der Waals surface area (Å²) in [7, 11) is 2.65. The van der Waals surface area contributed by atoms with Crippen molar-refractivity contribution in [1.82, 2.24) is 9.97 Å². The van der Waals surface area contributed by atoms with Crippen LogP contribution in [0.2, 0.25) is 0 Å². The van der Waals surface area contributed by atoms with E-state index < -0.39 is 5.97 Å². The van der Waals surface area contributed by atoms with Gasteiger partial charge in [0.1, 0.15) is 0 Å². The first kappa shape index (κ1) is 11.1. The molecule has 0 aliphatic heterocycles. The predicted molar refractivity (Wildman–Crippen MR) is 60.3 cm³/mol. The third-order valence-electron chi connectivity index (χ3n) is 2.32. The molecule has 0 spiro atoms. The third kappa shape index (κ3) is 1.84. The number of H-pyrrole nitrogens is 1. The minimum absolute atomic E-state index is 0.0492. The van der Waals surface area contributed by atoms with Gasteiger partial charge in [-0.3, -0.25) is 4.79 Å². The Labute approximate surface area is 96.2 Å². The van der Waals surface area contributed by atoms with Crippen LogP contribution in [0.3, 0.4) is 0 Å². The number of methoxy groups -OCH3 is 2. The molecule has 0 aliphatic carbocycles. The average molecular weight is 234 g/mol. The van der Waals surface area contributed by atoms with Crippen LogP contribution in [-0.2, 0) is 4.74 Å². The molecule has 88 valence electrons. The van der Waals surface area contributed by atoms with Crippen molar-refractivity contribution < 1.29 is 14.3 Å². The van der Waals surface area contributed by atoms with Crippen molar-refractivity contribution in [1.29, 1.82) is 0 Å². The Bertz CT molecular complexity index is 633. The molecule has 1 N–H and O–H groups in total. The summed E-state index contributed by atoms with van der Waals surface area (Å²) in [6.07, 6.45) is 1.46. The lowest BCUT2D eigenvalue weighted by Gasteiger charge is -2.06. The lowest BCUT2D eigenvalue weighted by Crippen LogP contribution is -2.11. The quantitative estimate of drug-likeness (QED) is 0.774. The SMILES string of the molecule is COC(=O)c1nc2cc[nH]c(=O)c2cc1OC. The molecule has 0 radical (unpaired) electrons. The maximum Gasteiger partial charge on any atom is 0.360 e. The lowest BCUT2D eigenvalue weighted by molar-refractivity contribution is 0.0590. The summed E-state index contributed by atoms with van der Waals surface area (Å²) in [5, 5.41) is 0.358. The van der Waals surface area contributed by atoms with E-state index in [-0.39, 0.29) is 17.0 Å². The van der Waals surface area contributed by atoms with Crippen molar-refractivity contribution in [3.05, 3.63) is 34.4 Å². The van der Waals surface area contributed by atoms with Crippen molar-refractivity contribution in [3.63, 3.8) is 0 Å². The summed E-state index contributed by atoms with van der Waals surface area (Å²) in [5.74, 6) is -0.398. The number of hydrogen-bond donors (Lipinski definition) is 1. The molecule has 2 rings (SSSR count). The zero-order chi connectivity index (χ0) is 12.4. The van der Waals surface area contributed by atoms with E-state index >= 15 is 0 Å². The molecule has 0 amide bonds. The van der Waals surface area contributed by atoms with Crippen molar-refractivity contribution >= 4 is 16.9 Å². The average Bonchev–Trinajstić information content (AvgIpc) is 2.37. The number of fused-ring (bicyclic) bond motifs is 1. The van der Waals surface area contributed by atoms with E-state index in [0.29, 0.717) is 10.9 Å². The maximum absolute atomic E-state index is 11.5. The molecule has 6 heteroatoms. The number of ether oxygens (including phenoxy) is 2. The number of aromatic nitrogens is 2. The van der Waals surface area contributed by atoms with Gasteiger partial charge in [0, 0.05) is 6.20 Å². The first-order chi connectivity index (χ1) is 8.17. The van der Waals surface area contributed by atoms with E-state index in [9.17, 15) is 9.59 Å². The molecule has 0 unspecified atom stereocenters. The number of nitrogens with one attached hydrogen (secondary N) is 1. The fraction of sp³-hybridized carbons (Fsp3) is 0.182. The predicted octanol–water partition coefficient (Wildman–Crippen LogP) is 0.718. The first-order valence-electron chi connectivity index (χ1n) is 4.82. The number of nitrogens with zero attached hydrogens (tertiary/aromatic N) is 1. The van der Waals surface area contributed by atoms with E-state index in [1.807, 2.05) is 0 Å². The molecule has 0 saturated heterocycles. The number of pyridine rings is 2. The van der Waals surface area contributed by atoms with Gasteiger partial charge in [0.25, 0.3) is 5.56 Å². The molecular formula is C11H10N2O4. The summed E-state index contributed by atoms with van der Waals surface area (Å²) in [4.78, 5) is 29.6. The highest BCUT2D eigenvalue weighted by atomic mass is 16.5. The maximum atomic E-state index is 11.5. The molecule has 0 saturated carbocycles. The van der Waals surface area contributed by atoms with E-state index in [4.69, 9.17) is 4.74 Å². The first-order valence-corrected chi connectivity index (χ1v) is 4.82. The largest absolute Gasteiger partial charge is 0.494 e. The van der Waals surface area contributed by atoms with Gasteiger partial charge < -0.3 is 14.5 Å². The van der Waals surface area contributed by atoms with Crippen molar-refractivity contribution in [3.8, 4) is 5.75 Å². The Morgan fingerprint density at radius 1 is 1.41 bits per heavy atom. The van der Waals surface area contributed by atoms with Crippen LogP contribution in [-0.4, -0.2) is 30.2 Å². The number of rotatable bonds is 2. The standard InChI is InChI=1S/C11H10N2O4/c1-16-8-5-6-7(3-4-12-10(6)14)13-9(8)11(15)17-2/h3-5H,1-2H3,(H,12,14). The van der Waals surface area contributed by atoms with Crippen LogP contribution >= 0.6 is 0 Å². The Kier molecular flexibility index (Phi) is 2.78. The summed E-state index contributed by atoms with van der Waals surface area (Å²) >= 11 is 0. The van der Waals surface area contributed by atoms with Crippen molar-refractivity contribution in [2.24, 2.45) is 0 Å². The fourth-order valence-electron chi connectivity index (χ4n) is 1.49. The Balaban J connectivity index is 2.78. The molecule has 0 aliphatic rings. The minimum atomic E-state index is -0.607. The van der Waals surface area contributed by atoms with Gasteiger partial charge in [0.15, 0.2) is 11.4 Å². The summed E-state index contributed by atoms with van der Waals surface area (Å²) in [6.45, 7) is 0. The molecule has 0 aromatic carbocycles. The number of esters is 1. The van der Waals surface area contributed by atoms with Crippen molar-refractivity contribution in [2.45, 2.75) is 0 Å². The molecule has 2 heterocycles. The number of aromatic amines is 1. The molecular weight excluding hydrogens is 224 g/mol. The van der Waals surface area contributed by atoms with Crippen LogP contribution in [0.25, 0.3) is 10.9 Å². The zero-order valence-corrected chi connectivity index (χ0v) is 9.31. The second-order valence-electron chi connectivity index (χ2n) is 3.27. The molecule has 17 heavy (non-hydrogen) atoms. The smallest absolute Gasteiger partial charge is 0.360 e. The zero-order valence-electron chi connectivity index (χ0n) is 9.31. The molecule has 2 aromatic heterocycles. The summed E-state index contributed by atoms with van der Waals surface area (Å²) in [5.41, 5.74) is 0.174. The van der Waals surface area contributed by atoms with Crippen LogP contribution in [0.1, 0.15) is 10.5 Å². The summed E-state index contributed by atoms with van der Waals surface area (Å²) < 4.78 is 9.61. The highest BCUT2D eigenvalue weighted by Crippen LogP contribution is 2.21. The van der Waals surface area contributed by atoms with Gasteiger partial charge in [0.2, 0.25) is 0 Å². The van der Waals surface area contributed by atoms with Gasteiger partial charge in [0.05, 0.1) is 25.1 Å². The Morgan fingerprint density at radius 3 is 2.82 bits per heavy atom. The van der Waals surface area contributed by atoms with Gasteiger partial charge in [-0.2, -0.15) is 0 Å². The van der Waals surface area contributed by atoms with Gasteiger partial charge >= 0.3 is 5.97 Å². The number of carbonyl (C=O) groups excluding carboxylic acids is 1. The van der Waals surface area contributed by atoms with Crippen LogP contribution in [0.15, 0.2) is 23.1 Å². The Hall–Kier alpha value is -2.37. The van der Waals surface area contributed by atoms with Crippen LogP contribution < -0.4 is 10.3 Å². The number of carbonyl (C=O) groups is 1. The van der Waals surface area contributed by atoms with Crippen LogP contribution in [0.4, 0.5) is 0 Å². The third-order valence-corrected chi connectivity index (χ3v) is 2.32.